The number of halogens is 1. The minimum absolute atomic E-state index is 0.0845. The van der Waals surface area contributed by atoms with Crippen LogP contribution in [-0.2, 0) is 27.9 Å². The molecule has 2 aromatic heterocycles. The maximum atomic E-state index is 13.3. The fourth-order valence-electron chi connectivity index (χ4n) is 4.09. The molecular weight excluding hydrogens is 484 g/mol. The van der Waals surface area contributed by atoms with Gasteiger partial charge in [0, 0.05) is 29.4 Å². The number of pyridine rings is 1. The van der Waals surface area contributed by atoms with Gasteiger partial charge in [0.15, 0.2) is 5.75 Å². The average Bonchev–Trinajstić information content (AvgIpc) is 3.40. The second-order valence-corrected chi connectivity index (χ2v) is 10.3. The molecule has 178 valence electrons. The molecule has 2 atom stereocenters. The standard InChI is InChI=1S/C22H21ClN4O6S/c1-13(28)20(16-4-2-3-5-17(16)23)22(29)26-10-14-11-27(25-18(14)12-26)34(30,31)15-8-19-21(24-9-15)33-7-6-32-19/h2-5,8-9,11,13,20,28H,6-7,10,12H2,1H3/t13-,20+/m0/s1. The zero-order chi connectivity index (χ0) is 24.0. The molecule has 1 amide bonds. The van der Waals surface area contributed by atoms with Gasteiger partial charge in [0.2, 0.25) is 5.91 Å². The number of hydrogen-bond acceptors (Lipinski definition) is 8. The van der Waals surface area contributed by atoms with E-state index in [1.54, 1.807) is 24.3 Å². The van der Waals surface area contributed by atoms with Crippen molar-refractivity contribution in [1.82, 2.24) is 19.1 Å². The van der Waals surface area contributed by atoms with Crippen LogP contribution < -0.4 is 9.47 Å². The third-order valence-electron chi connectivity index (χ3n) is 5.78. The number of aliphatic hydroxyl groups excluding tert-OH is 1. The largest absolute Gasteiger partial charge is 0.484 e. The van der Waals surface area contributed by atoms with Gasteiger partial charge in [-0.25, -0.2) is 4.98 Å². The SMILES string of the molecule is C[C@H](O)[C@@H](C(=O)N1Cc2cn(S(=O)(=O)c3cnc4c(c3)OCCO4)nc2C1)c1ccccc1Cl. The Balaban J connectivity index is 1.37. The topological polar surface area (TPSA) is 124 Å². The van der Waals surface area contributed by atoms with Crippen molar-refractivity contribution in [2.75, 3.05) is 13.2 Å². The van der Waals surface area contributed by atoms with Crippen molar-refractivity contribution < 1.29 is 27.8 Å². The highest BCUT2D eigenvalue weighted by molar-refractivity contribution is 7.89. The first kappa shape index (κ1) is 22.6. The van der Waals surface area contributed by atoms with Gasteiger partial charge in [-0.1, -0.05) is 29.8 Å². The molecule has 10 nitrogen and oxygen atoms in total. The van der Waals surface area contributed by atoms with Crippen molar-refractivity contribution in [3.05, 3.63) is 64.6 Å². The van der Waals surface area contributed by atoms with Crippen molar-refractivity contribution in [2.24, 2.45) is 0 Å². The number of nitrogens with zero attached hydrogens (tertiary/aromatic N) is 4. The molecule has 0 radical (unpaired) electrons. The van der Waals surface area contributed by atoms with Crippen LogP contribution in [-0.4, -0.2) is 57.8 Å². The van der Waals surface area contributed by atoms with Crippen molar-refractivity contribution in [1.29, 1.82) is 0 Å². The monoisotopic (exact) mass is 504 g/mol. The van der Waals surface area contributed by atoms with Crippen LogP contribution in [0.15, 0.2) is 47.6 Å². The summed E-state index contributed by atoms with van der Waals surface area (Å²) >= 11 is 6.27. The highest BCUT2D eigenvalue weighted by atomic mass is 35.5. The summed E-state index contributed by atoms with van der Waals surface area (Å²) < 4.78 is 37.8. The van der Waals surface area contributed by atoms with Gasteiger partial charge in [-0.15, -0.1) is 0 Å². The molecular formula is C22H21ClN4O6S. The first-order valence-corrected chi connectivity index (χ1v) is 12.4. The zero-order valence-corrected chi connectivity index (χ0v) is 19.7. The predicted molar refractivity (Wildman–Crippen MR) is 120 cm³/mol. The molecule has 0 saturated heterocycles. The summed E-state index contributed by atoms with van der Waals surface area (Å²) in [7, 11) is -4.02. The van der Waals surface area contributed by atoms with Gasteiger partial charge in [-0.2, -0.15) is 17.6 Å². The number of carbonyl (C=O) groups is 1. The maximum absolute atomic E-state index is 13.3. The minimum atomic E-state index is -4.02. The molecule has 0 spiro atoms. The lowest BCUT2D eigenvalue weighted by Crippen LogP contribution is -2.36. The molecule has 0 unspecified atom stereocenters. The summed E-state index contributed by atoms with van der Waals surface area (Å²) in [5.74, 6) is -0.662. The van der Waals surface area contributed by atoms with E-state index >= 15 is 0 Å². The quantitative estimate of drug-likeness (QED) is 0.559. The van der Waals surface area contributed by atoms with Gasteiger partial charge in [0.05, 0.1) is 30.5 Å². The van der Waals surface area contributed by atoms with Crippen LogP contribution in [0.1, 0.15) is 29.7 Å². The number of aliphatic hydroxyl groups is 1. The summed E-state index contributed by atoms with van der Waals surface area (Å²) in [4.78, 5) is 18.7. The van der Waals surface area contributed by atoms with E-state index in [0.29, 0.717) is 35.1 Å². The third kappa shape index (κ3) is 3.89. The summed E-state index contributed by atoms with van der Waals surface area (Å²) in [6.07, 6.45) is 1.62. The Labute approximate surface area is 200 Å². The second kappa shape index (κ2) is 8.57. The van der Waals surface area contributed by atoms with Crippen molar-refractivity contribution in [3.63, 3.8) is 0 Å². The number of ether oxygens (including phenoxy) is 2. The van der Waals surface area contributed by atoms with Gasteiger partial charge in [0.1, 0.15) is 18.1 Å². The van der Waals surface area contributed by atoms with Gasteiger partial charge in [0.25, 0.3) is 15.9 Å². The van der Waals surface area contributed by atoms with Gasteiger partial charge in [-0.05, 0) is 18.6 Å². The smallest absolute Gasteiger partial charge is 0.284 e. The normalized spacial score (nSPS) is 16.7. The molecule has 4 heterocycles. The van der Waals surface area contributed by atoms with Crippen LogP contribution in [0.3, 0.4) is 0 Å². The molecule has 5 rings (SSSR count). The fourth-order valence-corrected chi connectivity index (χ4v) is 5.48. The molecule has 34 heavy (non-hydrogen) atoms. The molecule has 2 aliphatic rings. The number of amides is 1. The van der Waals surface area contributed by atoms with Crippen LogP contribution in [0, 0.1) is 0 Å². The Morgan fingerprint density at radius 2 is 1.97 bits per heavy atom. The van der Waals surface area contributed by atoms with E-state index < -0.39 is 22.0 Å². The summed E-state index contributed by atoms with van der Waals surface area (Å²) in [6.45, 7) is 2.47. The van der Waals surface area contributed by atoms with Crippen molar-refractivity contribution in [2.45, 2.75) is 36.9 Å². The Kier molecular flexibility index (Phi) is 5.70. The summed E-state index contributed by atoms with van der Waals surface area (Å²) in [5, 5.41) is 14.9. The molecule has 0 bridgehead atoms. The molecule has 1 N–H and O–H groups in total. The number of benzene rings is 1. The van der Waals surface area contributed by atoms with E-state index in [2.05, 4.69) is 10.1 Å². The highest BCUT2D eigenvalue weighted by Gasteiger charge is 2.36. The Morgan fingerprint density at radius 1 is 1.21 bits per heavy atom. The van der Waals surface area contributed by atoms with E-state index in [-0.39, 0.29) is 35.5 Å². The Morgan fingerprint density at radius 3 is 2.71 bits per heavy atom. The lowest BCUT2D eigenvalue weighted by Gasteiger charge is -2.26. The van der Waals surface area contributed by atoms with Crippen molar-refractivity contribution in [3.8, 4) is 11.6 Å². The molecule has 2 aliphatic heterocycles. The van der Waals surface area contributed by atoms with Gasteiger partial charge >= 0.3 is 0 Å². The zero-order valence-electron chi connectivity index (χ0n) is 18.1. The summed E-state index contributed by atoms with van der Waals surface area (Å²) in [5.41, 5.74) is 1.60. The number of hydrogen-bond donors (Lipinski definition) is 1. The van der Waals surface area contributed by atoms with Crippen LogP contribution >= 0.6 is 11.6 Å². The Bertz CT molecular complexity index is 1350. The van der Waals surface area contributed by atoms with Crippen molar-refractivity contribution >= 4 is 27.5 Å². The average molecular weight is 505 g/mol. The molecule has 0 saturated carbocycles. The van der Waals surface area contributed by atoms with Crippen LogP contribution in [0.25, 0.3) is 0 Å². The van der Waals surface area contributed by atoms with E-state index in [4.69, 9.17) is 21.1 Å². The molecule has 3 aromatic rings. The lowest BCUT2D eigenvalue weighted by atomic mass is 9.92. The van der Waals surface area contributed by atoms with E-state index in [9.17, 15) is 18.3 Å². The molecule has 1 aromatic carbocycles. The summed E-state index contributed by atoms with van der Waals surface area (Å²) in [6, 6.07) is 8.24. The number of aromatic nitrogens is 3. The number of carbonyl (C=O) groups excluding carboxylic acids is 1. The Hall–Kier alpha value is -3.15. The minimum Gasteiger partial charge on any atom is -0.484 e. The molecule has 12 heteroatoms. The first-order chi connectivity index (χ1) is 16.3. The van der Waals surface area contributed by atoms with E-state index in [1.807, 2.05) is 0 Å². The molecule has 0 fully saturated rings. The van der Waals surface area contributed by atoms with Gasteiger partial charge in [-0.3, -0.25) is 4.79 Å². The lowest BCUT2D eigenvalue weighted by molar-refractivity contribution is -0.135. The molecule has 0 aliphatic carbocycles. The van der Waals surface area contributed by atoms with E-state index in [1.165, 1.54) is 30.3 Å². The second-order valence-electron chi connectivity index (χ2n) is 8.08. The highest BCUT2D eigenvalue weighted by Crippen LogP contribution is 2.33. The van der Waals surface area contributed by atoms with Crippen LogP contribution in [0.2, 0.25) is 5.02 Å². The van der Waals surface area contributed by atoms with Crippen LogP contribution in [0.4, 0.5) is 0 Å². The number of rotatable bonds is 5. The fraction of sp³-hybridized carbons (Fsp3) is 0.318. The predicted octanol–water partition coefficient (Wildman–Crippen LogP) is 1.95. The van der Waals surface area contributed by atoms with Crippen LogP contribution in [0.5, 0.6) is 11.6 Å². The van der Waals surface area contributed by atoms with Gasteiger partial charge < -0.3 is 19.5 Å². The first-order valence-electron chi connectivity index (χ1n) is 10.6. The third-order valence-corrected chi connectivity index (χ3v) is 7.62. The van der Waals surface area contributed by atoms with E-state index in [0.717, 1.165) is 4.09 Å². The number of fused-ring (bicyclic) bond motifs is 2. The maximum Gasteiger partial charge on any atom is 0.284 e.